The number of esters is 1. The van der Waals surface area contributed by atoms with Crippen molar-refractivity contribution in [3.8, 4) is 5.75 Å². The minimum Gasteiger partial charge on any atom is -0.423 e. The molecular weight excluding hydrogens is 339 g/mol. The lowest BCUT2D eigenvalue weighted by molar-refractivity contribution is 0.0732. The maximum Gasteiger partial charge on any atom is 0.344 e. The van der Waals surface area contributed by atoms with Gasteiger partial charge in [-0.25, -0.2) is 4.79 Å². The number of carbonyl (C=O) groups is 1. The Morgan fingerprint density at radius 2 is 1.83 bits per heavy atom. The van der Waals surface area contributed by atoms with Crippen LogP contribution in [0, 0.1) is 17.4 Å². The molecule has 0 aromatic heterocycles. The van der Waals surface area contributed by atoms with Gasteiger partial charge in [-0.1, -0.05) is 29.8 Å². The number of hydrogen-bond donors (Lipinski definition) is 0. The van der Waals surface area contributed by atoms with Gasteiger partial charge in [-0.15, -0.1) is 0 Å². The lowest BCUT2D eigenvalue weighted by Gasteiger charge is -2.08. The Balaban J connectivity index is 2.24. The molecule has 0 amide bonds. The molecule has 92 valence electrons. The third kappa shape index (κ3) is 2.90. The van der Waals surface area contributed by atoms with Gasteiger partial charge in [0, 0.05) is 3.57 Å². The molecule has 0 aliphatic carbocycles. The van der Waals surface area contributed by atoms with E-state index in [2.05, 4.69) is 22.6 Å². The fourth-order valence-electron chi connectivity index (χ4n) is 1.70. The highest BCUT2D eigenvalue weighted by molar-refractivity contribution is 14.1. The highest BCUT2D eigenvalue weighted by Crippen LogP contribution is 2.21. The molecule has 2 nitrogen and oxygen atoms in total. The molecule has 0 aliphatic rings. The van der Waals surface area contributed by atoms with Gasteiger partial charge in [-0.3, -0.25) is 0 Å². The van der Waals surface area contributed by atoms with Crippen molar-refractivity contribution in [3.05, 3.63) is 62.7 Å². The van der Waals surface area contributed by atoms with Gasteiger partial charge in [0.25, 0.3) is 0 Å². The molecular formula is C15H13IO2. The summed E-state index contributed by atoms with van der Waals surface area (Å²) in [5, 5.41) is 0. The van der Waals surface area contributed by atoms with Crippen molar-refractivity contribution in [1.29, 1.82) is 0 Å². The number of rotatable bonds is 2. The summed E-state index contributed by atoms with van der Waals surface area (Å²) < 4.78 is 6.32. The zero-order valence-corrected chi connectivity index (χ0v) is 12.4. The molecule has 0 radical (unpaired) electrons. The third-order valence-electron chi connectivity index (χ3n) is 2.63. The first-order valence-corrected chi connectivity index (χ1v) is 6.70. The van der Waals surface area contributed by atoms with E-state index >= 15 is 0 Å². The van der Waals surface area contributed by atoms with Crippen molar-refractivity contribution < 1.29 is 9.53 Å². The summed E-state index contributed by atoms with van der Waals surface area (Å²) in [5.41, 5.74) is 2.72. The summed E-state index contributed by atoms with van der Waals surface area (Å²) in [7, 11) is 0. The maximum absolute atomic E-state index is 12.0. The fraction of sp³-hybridized carbons (Fsp3) is 0.133. The fourth-order valence-corrected chi connectivity index (χ4v) is 2.30. The molecule has 0 bridgehead atoms. The van der Waals surface area contributed by atoms with Crippen LogP contribution in [0.5, 0.6) is 5.75 Å². The Morgan fingerprint density at radius 1 is 1.11 bits per heavy atom. The van der Waals surface area contributed by atoms with Crippen molar-refractivity contribution in [1.82, 2.24) is 0 Å². The van der Waals surface area contributed by atoms with Crippen LogP contribution in [0.3, 0.4) is 0 Å². The van der Waals surface area contributed by atoms with Crippen LogP contribution in [0.4, 0.5) is 0 Å². The Labute approximate surface area is 120 Å². The van der Waals surface area contributed by atoms with E-state index in [1.165, 1.54) is 0 Å². The smallest absolute Gasteiger partial charge is 0.344 e. The van der Waals surface area contributed by atoms with Crippen LogP contribution in [0.25, 0.3) is 0 Å². The monoisotopic (exact) mass is 352 g/mol. The van der Waals surface area contributed by atoms with E-state index in [-0.39, 0.29) is 5.97 Å². The highest BCUT2D eigenvalue weighted by atomic mass is 127. The van der Waals surface area contributed by atoms with Crippen LogP contribution in [0.2, 0.25) is 0 Å². The number of aryl methyl sites for hydroxylation is 2. The zero-order valence-electron chi connectivity index (χ0n) is 10.2. The molecule has 0 fully saturated rings. The third-order valence-corrected chi connectivity index (χ3v) is 3.57. The summed E-state index contributed by atoms with van der Waals surface area (Å²) in [6.45, 7) is 3.95. The average molecular weight is 352 g/mol. The summed E-state index contributed by atoms with van der Waals surface area (Å²) in [6.07, 6.45) is 0. The number of benzene rings is 2. The minimum atomic E-state index is -0.313. The first-order valence-electron chi connectivity index (χ1n) is 5.62. The van der Waals surface area contributed by atoms with Crippen molar-refractivity contribution in [2.24, 2.45) is 0 Å². The molecule has 0 heterocycles. The molecule has 0 aliphatic heterocycles. The largest absolute Gasteiger partial charge is 0.423 e. The molecule has 0 atom stereocenters. The number of ether oxygens (including phenoxy) is 1. The summed E-state index contributed by atoms with van der Waals surface area (Å²) in [6, 6.07) is 13.2. The Bertz CT molecular complexity index is 591. The van der Waals surface area contributed by atoms with E-state index in [4.69, 9.17) is 4.74 Å². The van der Waals surface area contributed by atoms with Gasteiger partial charge in [0.05, 0.1) is 5.56 Å². The molecule has 0 saturated carbocycles. The Hall–Kier alpha value is -1.36. The second kappa shape index (κ2) is 5.52. The van der Waals surface area contributed by atoms with E-state index in [9.17, 15) is 4.79 Å². The number of hydrogen-bond acceptors (Lipinski definition) is 2. The van der Waals surface area contributed by atoms with Gasteiger partial charge in [-0.2, -0.15) is 0 Å². The van der Waals surface area contributed by atoms with Gasteiger partial charge in [0.1, 0.15) is 5.75 Å². The van der Waals surface area contributed by atoms with Crippen LogP contribution in [0.1, 0.15) is 21.5 Å². The number of halogens is 1. The molecule has 0 unspecified atom stereocenters. The molecule has 3 heteroatoms. The van der Waals surface area contributed by atoms with Crippen molar-refractivity contribution >= 4 is 28.6 Å². The maximum atomic E-state index is 12.0. The predicted molar refractivity (Wildman–Crippen MR) is 80.0 cm³/mol. The summed E-state index contributed by atoms with van der Waals surface area (Å²) in [4.78, 5) is 12.0. The minimum absolute atomic E-state index is 0.313. The van der Waals surface area contributed by atoms with Gasteiger partial charge in [0.15, 0.2) is 0 Å². The van der Waals surface area contributed by atoms with Crippen LogP contribution in [-0.4, -0.2) is 5.97 Å². The first-order chi connectivity index (χ1) is 8.58. The topological polar surface area (TPSA) is 26.3 Å². The normalized spacial score (nSPS) is 10.2. The van der Waals surface area contributed by atoms with Crippen molar-refractivity contribution in [2.75, 3.05) is 0 Å². The Morgan fingerprint density at radius 3 is 2.50 bits per heavy atom. The standard InChI is InChI=1S/C15H13IO2/c1-10-7-8-14(11(2)9-10)18-15(17)12-5-3-4-6-13(12)16/h3-9H,1-2H3. The summed E-state index contributed by atoms with van der Waals surface area (Å²) in [5.74, 6) is 0.303. The molecule has 2 rings (SSSR count). The summed E-state index contributed by atoms with van der Waals surface area (Å²) >= 11 is 2.13. The number of carbonyl (C=O) groups excluding carboxylic acids is 1. The van der Waals surface area contributed by atoms with Gasteiger partial charge in [-0.05, 0) is 60.2 Å². The molecule has 0 N–H and O–H groups in total. The van der Waals surface area contributed by atoms with E-state index in [0.29, 0.717) is 11.3 Å². The van der Waals surface area contributed by atoms with Crippen LogP contribution in [-0.2, 0) is 0 Å². The second-order valence-corrected chi connectivity index (χ2v) is 5.30. The second-order valence-electron chi connectivity index (χ2n) is 4.14. The van der Waals surface area contributed by atoms with Crippen molar-refractivity contribution in [3.63, 3.8) is 0 Å². The van der Waals surface area contributed by atoms with Crippen molar-refractivity contribution in [2.45, 2.75) is 13.8 Å². The molecule has 2 aromatic carbocycles. The van der Waals surface area contributed by atoms with Gasteiger partial charge < -0.3 is 4.74 Å². The first kappa shape index (κ1) is 13.1. The average Bonchev–Trinajstić information content (AvgIpc) is 2.33. The lowest BCUT2D eigenvalue weighted by atomic mass is 10.1. The highest BCUT2D eigenvalue weighted by Gasteiger charge is 2.12. The molecule has 0 spiro atoms. The van der Waals surface area contributed by atoms with Crippen LogP contribution < -0.4 is 4.74 Å². The van der Waals surface area contributed by atoms with E-state index in [1.54, 1.807) is 6.07 Å². The van der Waals surface area contributed by atoms with Crippen LogP contribution >= 0.6 is 22.6 Å². The van der Waals surface area contributed by atoms with E-state index in [1.807, 2.05) is 50.2 Å². The van der Waals surface area contributed by atoms with Gasteiger partial charge >= 0.3 is 5.97 Å². The van der Waals surface area contributed by atoms with Gasteiger partial charge in [0.2, 0.25) is 0 Å². The molecule has 0 saturated heterocycles. The molecule has 18 heavy (non-hydrogen) atoms. The SMILES string of the molecule is Cc1ccc(OC(=O)c2ccccc2I)c(C)c1. The van der Waals surface area contributed by atoms with Crippen LogP contribution in [0.15, 0.2) is 42.5 Å². The Kier molecular flexibility index (Phi) is 4.01. The zero-order chi connectivity index (χ0) is 13.1. The van der Waals surface area contributed by atoms with E-state index in [0.717, 1.165) is 14.7 Å². The quantitative estimate of drug-likeness (QED) is 0.462. The lowest BCUT2D eigenvalue weighted by Crippen LogP contribution is -2.10. The van der Waals surface area contributed by atoms with E-state index < -0.39 is 0 Å². The predicted octanol–water partition coefficient (Wildman–Crippen LogP) is 4.13. The molecule has 2 aromatic rings.